The van der Waals surface area contributed by atoms with Gasteiger partial charge in [0.1, 0.15) is 5.65 Å². The van der Waals surface area contributed by atoms with E-state index in [-0.39, 0.29) is 0 Å². The van der Waals surface area contributed by atoms with Crippen molar-refractivity contribution < 1.29 is 4.79 Å². The maximum absolute atomic E-state index is 10.9. The Bertz CT molecular complexity index is 982. The molecule has 3 aromatic heterocycles. The summed E-state index contributed by atoms with van der Waals surface area (Å²) >= 11 is 0. The fraction of sp³-hybridized carbons (Fsp3) is 0. The van der Waals surface area contributed by atoms with Crippen LogP contribution < -0.4 is 5.73 Å². The molecule has 21 heavy (non-hydrogen) atoms. The van der Waals surface area contributed by atoms with E-state index in [9.17, 15) is 4.79 Å². The Labute approximate surface area is 119 Å². The lowest BCUT2D eigenvalue weighted by atomic mass is 10.0. The van der Waals surface area contributed by atoms with Gasteiger partial charge in [0.25, 0.3) is 0 Å². The minimum atomic E-state index is 0.472. The minimum Gasteiger partial charge on any atom is -0.382 e. The fourth-order valence-electron chi connectivity index (χ4n) is 2.56. The number of anilines is 1. The highest BCUT2D eigenvalue weighted by Gasteiger charge is 2.10. The summed E-state index contributed by atoms with van der Waals surface area (Å²) in [5.74, 6) is 0.472. The number of nitrogens with one attached hydrogen (secondary N) is 2. The van der Waals surface area contributed by atoms with Gasteiger partial charge in [-0.25, -0.2) is 4.98 Å². The Morgan fingerprint density at radius 1 is 1.14 bits per heavy atom. The molecule has 0 aliphatic heterocycles. The molecule has 0 saturated heterocycles. The zero-order valence-corrected chi connectivity index (χ0v) is 10.9. The van der Waals surface area contributed by atoms with E-state index in [2.05, 4.69) is 20.2 Å². The normalized spacial score (nSPS) is 11.2. The molecule has 0 aliphatic rings. The van der Waals surface area contributed by atoms with E-state index in [1.54, 1.807) is 12.3 Å². The molecule has 4 N–H and O–H groups in total. The quantitative estimate of drug-likeness (QED) is 0.490. The first-order valence-corrected chi connectivity index (χ1v) is 6.43. The number of carbonyl (C=O) groups is 1. The lowest BCUT2D eigenvalue weighted by Crippen LogP contribution is -1.85. The molecule has 0 saturated carbocycles. The number of pyridine rings is 1. The van der Waals surface area contributed by atoms with Crippen LogP contribution in [0.5, 0.6) is 0 Å². The van der Waals surface area contributed by atoms with Crippen molar-refractivity contribution in [3.05, 3.63) is 42.2 Å². The van der Waals surface area contributed by atoms with Gasteiger partial charge in [-0.05, 0) is 35.4 Å². The zero-order valence-electron chi connectivity index (χ0n) is 10.9. The van der Waals surface area contributed by atoms with E-state index in [0.717, 1.165) is 33.7 Å². The molecular formula is C15H11N5O. The topological polar surface area (TPSA) is 100 Å². The number of nitrogens with two attached hydrogens (primary N) is 1. The number of benzene rings is 1. The van der Waals surface area contributed by atoms with Gasteiger partial charge in [0.15, 0.2) is 12.1 Å². The van der Waals surface area contributed by atoms with Crippen LogP contribution in [0.15, 0.2) is 36.5 Å². The zero-order chi connectivity index (χ0) is 14.4. The van der Waals surface area contributed by atoms with E-state index < -0.39 is 0 Å². The largest absolute Gasteiger partial charge is 0.382 e. The molecule has 102 valence electrons. The average Bonchev–Trinajstić information content (AvgIpc) is 3.10. The van der Waals surface area contributed by atoms with Gasteiger partial charge >= 0.3 is 0 Å². The first-order chi connectivity index (χ1) is 10.3. The molecule has 3 heterocycles. The van der Waals surface area contributed by atoms with Crippen LogP contribution in [-0.4, -0.2) is 26.5 Å². The number of H-pyrrole nitrogens is 2. The maximum Gasteiger partial charge on any atom is 0.166 e. The highest BCUT2D eigenvalue weighted by Crippen LogP contribution is 2.31. The van der Waals surface area contributed by atoms with Crippen molar-refractivity contribution in [2.45, 2.75) is 0 Å². The molecule has 0 unspecified atom stereocenters. The summed E-state index contributed by atoms with van der Waals surface area (Å²) in [6.45, 7) is 0. The highest BCUT2D eigenvalue weighted by atomic mass is 16.1. The van der Waals surface area contributed by atoms with Crippen LogP contribution in [0.25, 0.3) is 33.1 Å². The SMILES string of the molecule is Nc1n[nH]c2ccc(-c3ccnc4[nH]c(C=O)cc34)cc12. The molecule has 0 radical (unpaired) electrons. The predicted molar refractivity (Wildman–Crippen MR) is 81.0 cm³/mol. The molecule has 0 aliphatic carbocycles. The molecule has 0 bridgehead atoms. The third kappa shape index (κ3) is 1.69. The summed E-state index contributed by atoms with van der Waals surface area (Å²) in [5, 5.41) is 8.66. The first kappa shape index (κ1) is 11.7. The van der Waals surface area contributed by atoms with Crippen molar-refractivity contribution in [1.29, 1.82) is 0 Å². The molecule has 6 nitrogen and oxygen atoms in total. The Morgan fingerprint density at radius 3 is 2.90 bits per heavy atom. The maximum atomic E-state index is 10.9. The van der Waals surface area contributed by atoms with Gasteiger partial charge in [-0.15, -0.1) is 0 Å². The highest BCUT2D eigenvalue weighted by molar-refractivity contribution is 5.99. The number of carbonyl (C=O) groups excluding carboxylic acids is 1. The van der Waals surface area contributed by atoms with Gasteiger partial charge in [-0.2, -0.15) is 5.10 Å². The van der Waals surface area contributed by atoms with Crippen LogP contribution in [0.3, 0.4) is 0 Å². The number of nitrogens with zero attached hydrogens (tertiary/aromatic N) is 2. The van der Waals surface area contributed by atoms with Gasteiger partial charge in [0.2, 0.25) is 0 Å². The second kappa shape index (κ2) is 4.17. The number of rotatable bonds is 2. The van der Waals surface area contributed by atoms with Gasteiger partial charge in [-0.3, -0.25) is 9.89 Å². The predicted octanol–water partition coefficient (Wildman–Crippen LogP) is 2.50. The van der Waals surface area contributed by atoms with Crippen molar-refractivity contribution in [2.75, 3.05) is 5.73 Å². The van der Waals surface area contributed by atoms with Crippen LogP contribution in [0.2, 0.25) is 0 Å². The summed E-state index contributed by atoms with van der Waals surface area (Å²) in [4.78, 5) is 18.1. The Hall–Kier alpha value is -3.15. The summed E-state index contributed by atoms with van der Waals surface area (Å²) in [6.07, 6.45) is 2.49. The van der Waals surface area contributed by atoms with Gasteiger partial charge < -0.3 is 10.7 Å². The van der Waals surface area contributed by atoms with E-state index in [0.29, 0.717) is 17.2 Å². The minimum absolute atomic E-state index is 0.472. The standard InChI is InChI=1S/C15H11N5O/c16-14-12-5-8(1-2-13(12)19-20-14)10-3-4-17-15-11(10)6-9(7-21)18-15/h1-7H,(H,17,18)(H3,16,19,20). The molecule has 0 atom stereocenters. The van der Waals surface area contributed by atoms with Gasteiger partial charge in [-0.1, -0.05) is 6.07 Å². The summed E-state index contributed by atoms with van der Waals surface area (Å²) < 4.78 is 0. The third-order valence-electron chi connectivity index (χ3n) is 3.58. The van der Waals surface area contributed by atoms with Crippen molar-refractivity contribution in [3.63, 3.8) is 0 Å². The lowest BCUT2D eigenvalue weighted by Gasteiger charge is -2.03. The van der Waals surface area contributed by atoms with Gasteiger partial charge in [0, 0.05) is 17.0 Å². The van der Waals surface area contributed by atoms with Crippen LogP contribution in [0.4, 0.5) is 5.82 Å². The van der Waals surface area contributed by atoms with Crippen molar-refractivity contribution >= 4 is 34.0 Å². The number of fused-ring (bicyclic) bond motifs is 2. The number of nitrogen functional groups attached to an aromatic ring is 1. The van der Waals surface area contributed by atoms with E-state index in [1.807, 2.05) is 24.3 Å². The molecule has 6 heteroatoms. The fourth-order valence-corrected chi connectivity index (χ4v) is 2.56. The average molecular weight is 277 g/mol. The molecular weight excluding hydrogens is 266 g/mol. The molecule has 4 rings (SSSR count). The molecule has 1 aromatic carbocycles. The van der Waals surface area contributed by atoms with Crippen LogP contribution >= 0.6 is 0 Å². The van der Waals surface area contributed by atoms with Crippen molar-refractivity contribution in [2.24, 2.45) is 0 Å². The lowest BCUT2D eigenvalue weighted by molar-refractivity contribution is 0.112. The van der Waals surface area contributed by atoms with Crippen molar-refractivity contribution in [1.82, 2.24) is 20.2 Å². The second-order valence-electron chi connectivity index (χ2n) is 4.83. The summed E-state index contributed by atoms with van der Waals surface area (Å²) in [7, 11) is 0. The monoisotopic (exact) mass is 277 g/mol. The summed E-state index contributed by atoms with van der Waals surface area (Å²) in [5.41, 5.74) is 9.94. The Balaban J connectivity index is 2.00. The van der Waals surface area contributed by atoms with Crippen LogP contribution in [0.1, 0.15) is 10.5 Å². The molecule has 0 spiro atoms. The second-order valence-corrected chi connectivity index (χ2v) is 4.83. The Morgan fingerprint density at radius 2 is 2.05 bits per heavy atom. The third-order valence-corrected chi connectivity index (χ3v) is 3.58. The van der Waals surface area contributed by atoms with E-state index in [1.165, 1.54) is 0 Å². The first-order valence-electron chi connectivity index (χ1n) is 6.43. The van der Waals surface area contributed by atoms with Crippen molar-refractivity contribution in [3.8, 4) is 11.1 Å². The number of hydrogen-bond donors (Lipinski definition) is 3. The van der Waals surface area contributed by atoms with Crippen LogP contribution in [-0.2, 0) is 0 Å². The number of hydrogen-bond acceptors (Lipinski definition) is 4. The number of aldehydes is 1. The van der Waals surface area contributed by atoms with Crippen LogP contribution in [0, 0.1) is 0 Å². The molecule has 0 amide bonds. The smallest absolute Gasteiger partial charge is 0.166 e. The molecule has 0 fully saturated rings. The summed E-state index contributed by atoms with van der Waals surface area (Å²) in [6, 6.07) is 9.63. The molecule has 4 aromatic rings. The van der Waals surface area contributed by atoms with Gasteiger partial charge in [0.05, 0.1) is 11.2 Å². The number of aromatic amines is 2. The van der Waals surface area contributed by atoms with E-state index >= 15 is 0 Å². The Kier molecular flexibility index (Phi) is 2.32. The number of aromatic nitrogens is 4. The van der Waals surface area contributed by atoms with E-state index in [4.69, 9.17) is 5.73 Å².